The number of aromatic carboxylic acids is 12. The fourth-order valence-electron chi connectivity index (χ4n) is 11.1. The number of carboxylic acids is 12. The molecular formula is C81H51N21O27. The molecule has 4 aromatic heterocycles. The summed E-state index contributed by atoms with van der Waals surface area (Å²) in [5.74, 6) is -20.9. The highest BCUT2D eigenvalue weighted by Crippen LogP contribution is 2.33. The third-order valence-electron chi connectivity index (χ3n) is 16.8. The molecule has 642 valence electrons. The van der Waals surface area contributed by atoms with E-state index in [1.54, 1.807) is 0 Å². The van der Waals surface area contributed by atoms with Crippen molar-refractivity contribution in [1.29, 1.82) is 0 Å². The Kier molecular flexibility index (Phi) is 25.3. The molecule has 9 aromatic carbocycles. The molecular weight excluding hydrogens is 1700 g/mol. The van der Waals surface area contributed by atoms with Crippen molar-refractivity contribution < 1.29 is 133 Å². The van der Waals surface area contributed by atoms with Crippen molar-refractivity contribution in [2.24, 2.45) is 15.0 Å². The molecule has 0 atom stereocenters. The second-order valence-corrected chi connectivity index (χ2v) is 26.0. The lowest BCUT2D eigenvalue weighted by Gasteiger charge is -2.12. The number of hydrogen-bond donors (Lipinski definition) is 18. The van der Waals surface area contributed by atoms with Crippen molar-refractivity contribution >= 4 is 178 Å². The topological polar surface area (TPSA) is 739 Å². The van der Waals surface area contributed by atoms with Gasteiger partial charge in [-0.05, 0) is 199 Å². The van der Waals surface area contributed by atoms with Gasteiger partial charge in [0.15, 0.2) is 0 Å². The molecule has 0 bridgehead atoms. The van der Waals surface area contributed by atoms with Crippen LogP contribution >= 0.6 is 0 Å². The van der Waals surface area contributed by atoms with E-state index in [-0.39, 0.29) is 69.2 Å². The molecule has 0 aliphatic rings. The number of carbonyl (C=O) groups is 12. The summed E-state index contributed by atoms with van der Waals surface area (Å²) >= 11 is 0. The molecule has 48 nitrogen and oxygen atoms in total. The summed E-state index contributed by atoms with van der Waals surface area (Å²) in [5.41, 5.74) is -5.04. The van der Waals surface area contributed by atoms with Gasteiger partial charge in [0.05, 0.1) is 66.8 Å². The summed E-state index contributed by atoms with van der Waals surface area (Å²) in [5, 5.41) is 133. The van der Waals surface area contributed by atoms with Crippen LogP contribution in [0.4, 0.5) is 87.7 Å². The van der Waals surface area contributed by atoms with E-state index in [1.165, 1.54) is 91.4 Å². The van der Waals surface area contributed by atoms with Crippen LogP contribution in [-0.4, -0.2) is 211 Å². The number of nitrogens with zero attached hydrogens (tertiary/aromatic N) is 15. The summed E-state index contributed by atoms with van der Waals surface area (Å²) in [4.78, 5) is 209. The Morgan fingerprint density at radius 1 is 0.209 bits per heavy atom. The predicted molar refractivity (Wildman–Crippen MR) is 442 cm³/mol. The number of ether oxygens (including phenoxy) is 3. The van der Waals surface area contributed by atoms with E-state index in [1.807, 2.05) is 0 Å². The summed E-state index contributed by atoms with van der Waals surface area (Å²) in [6.45, 7) is 0. The highest BCUT2D eigenvalue weighted by atomic mass is 16.5. The van der Waals surface area contributed by atoms with Gasteiger partial charge < -0.3 is 107 Å². The van der Waals surface area contributed by atoms with Crippen LogP contribution in [0.2, 0.25) is 0 Å². The minimum Gasteiger partial charge on any atom is -0.478 e. The van der Waals surface area contributed by atoms with Crippen LogP contribution < -0.4 is 46.1 Å². The number of carboxylic acid groups (broad SMARTS) is 12. The van der Waals surface area contributed by atoms with Crippen LogP contribution in [0.15, 0.2) is 197 Å². The number of aromatic nitrogens is 12. The van der Waals surface area contributed by atoms with E-state index >= 15 is 0 Å². The first-order valence-electron chi connectivity index (χ1n) is 35.9. The first kappa shape index (κ1) is 86.7. The highest BCUT2D eigenvalue weighted by Gasteiger charge is 2.24. The quantitative estimate of drug-likeness (QED) is 0.0162. The van der Waals surface area contributed by atoms with Gasteiger partial charge in [-0.25, -0.2) is 72.5 Å². The van der Waals surface area contributed by atoms with Crippen LogP contribution in [0.25, 0.3) is 0 Å². The molecule has 0 aliphatic carbocycles. The van der Waals surface area contributed by atoms with Crippen LogP contribution in [0.3, 0.4) is 0 Å². The van der Waals surface area contributed by atoms with E-state index in [4.69, 9.17) is 14.2 Å². The van der Waals surface area contributed by atoms with Crippen molar-refractivity contribution in [1.82, 2.24) is 59.8 Å². The summed E-state index contributed by atoms with van der Waals surface area (Å²) in [6, 6.07) is 34.4. The zero-order valence-electron chi connectivity index (χ0n) is 64.3. The molecule has 0 unspecified atom stereocenters. The molecule has 13 rings (SSSR count). The molecule has 0 aliphatic heterocycles. The maximum atomic E-state index is 12.0. The molecule has 48 heteroatoms. The lowest BCUT2D eigenvalue weighted by Crippen LogP contribution is -2.09. The van der Waals surface area contributed by atoms with Gasteiger partial charge in [0.25, 0.3) is 17.8 Å². The molecule has 0 radical (unpaired) electrons. The van der Waals surface area contributed by atoms with Gasteiger partial charge in [0.1, 0.15) is 17.2 Å². The predicted octanol–water partition coefficient (Wildman–Crippen LogP) is 11.9. The number of benzene rings is 9. The first-order chi connectivity index (χ1) is 61.5. The van der Waals surface area contributed by atoms with Gasteiger partial charge in [-0.3, -0.25) is 0 Å². The zero-order valence-corrected chi connectivity index (χ0v) is 64.3. The van der Waals surface area contributed by atoms with Gasteiger partial charge in [-0.2, -0.15) is 59.8 Å². The Morgan fingerprint density at radius 3 is 0.496 bits per heavy atom. The fourth-order valence-corrected chi connectivity index (χ4v) is 11.1. The van der Waals surface area contributed by atoms with Gasteiger partial charge in [-0.1, -0.05) is 0 Å². The second kappa shape index (κ2) is 37.7. The van der Waals surface area contributed by atoms with Crippen molar-refractivity contribution in [3.63, 3.8) is 0 Å². The molecule has 129 heavy (non-hydrogen) atoms. The Morgan fingerprint density at radius 2 is 0.357 bits per heavy atom. The second-order valence-electron chi connectivity index (χ2n) is 26.0. The summed E-state index contributed by atoms with van der Waals surface area (Å²) < 4.78 is 18.0. The molecule has 0 spiro atoms. The highest BCUT2D eigenvalue weighted by molar-refractivity contribution is 6.01. The minimum absolute atomic E-state index is 0.0410. The van der Waals surface area contributed by atoms with Crippen LogP contribution in [0.1, 0.15) is 141 Å². The molecule has 0 amide bonds. The van der Waals surface area contributed by atoms with Gasteiger partial charge in [0.2, 0.25) is 35.7 Å². The first-order valence-corrected chi connectivity index (χ1v) is 35.9. The number of anilines is 12. The van der Waals surface area contributed by atoms with E-state index in [0.717, 1.165) is 109 Å². The molecule has 4 heterocycles. The molecule has 0 saturated heterocycles. The molecule has 0 saturated carbocycles. The average molecular weight is 1750 g/mol. The van der Waals surface area contributed by atoms with Gasteiger partial charge in [-0.15, -0.1) is 0 Å². The van der Waals surface area contributed by atoms with E-state index in [2.05, 4.69) is 107 Å². The smallest absolute Gasteiger partial charge is 0.335 e. The third kappa shape index (κ3) is 23.1. The van der Waals surface area contributed by atoms with E-state index < -0.39 is 192 Å². The van der Waals surface area contributed by atoms with Gasteiger partial charge in [0, 0.05) is 52.8 Å². The summed E-state index contributed by atoms with van der Waals surface area (Å²) in [6.07, 6.45) is 3.93. The standard InChI is InChI=1S/C81H51N21O27/c103-58(104)37-13-38(59(105)106)20-49(19-37)85-73-94-74(86-50-21-39(60(107)108)14-40(22-50)61(109)110)98-79(97-73)127-55-7-1-34(2-8-55)31-82-70-91-71(83-32-35-3-9-56(10-4-35)128-80-99-75(87-51-23-41(62(111)112)15-42(24-51)63(113)114)95-76(100-80)88-52-25-43(64(115)116)16-44(26-52)65(117)118)93-72(92-70)84-33-36-5-11-57(12-6-36)129-81-101-77(89-53-27-45(66(119)120)17-46(28-53)67(121)122)96-78(102-81)90-54-29-47(68(123)124)18-48(30-54)69(125)126/h1-33H,(H,103,104)(H,105,106)(H,107,108)(H,109,110)(H,111,112)(H,113,114)(H,115,116)(H,117,118)(H,119,120)(H,121,122)(H,123,124)(H,125,126)(H2,85,86,94,97,98)(H2,87,88,95,99,100)(H2,89,90,96,101,102)/b82-31+,83-32+,84-33+. The Bertz CT molecular complexity index is 5780. The van der Waals surface area contributed by atoms with Crippen LogP contribution in [0.5, 0.6) is 35.3 Å². The molecule has 18 N–H and O–H groups in total. The largest absolute Gasteiger partial charge is 0.478 e. The van der Waals surface area contributed by atoms with Crippen LogP contribution in [-0.2, 0) is 0 Å². The Labute approximate surface area is 715 Å². The van der Waals surface area contributed by atoms with Crippen molar-refractivity contribution in [3.8, 4) is 35.3 Å². The summed E-state index contributed by atoms with van der Waals surface area (Å²) in [7, 11) is 0. The lowest BCUT2D eigenvalue weighted by atomic mass is 10.1. The van der Waals surface area contributed by atoms with E-state index in [0.29, 0.717) is 16.7 Å². The van der Waals surface area contributed by atoms with E-state index in [9.17, 15) is 119 Å². The average Bonchev–Trinajstić information content (AvgIpc) is 0.548. The minimum atomic E-state index is -1.49. The zero-order chi connectivity index (χ0) is 92.0. The normalized spacial score (nSPS) is 11.0. The SMILES string of the molecule is O=C(O)c1cc(Nc2nc(Nc3cc(C(=O)O)cc(C(=O)O)c3)nc(Oc3ccc(/C=N/c4nc(/N=C/c5ccc(Oc6nc(Nc7cc(C(=O)O)cc(C(=O)O)c7)nc(Nc7cc(C(=O)O)cc(C(=O)O)c7)n6)cc5)nc(/N=C/c5ccc(Oc6nc(Nc7cc(C(=O)O)cc(C(=O)O)c7)nc(Nc7cc(C(=O)O)cc(C(=O)O)c7)n6)cc5)n4)cc3)n2)cc(C(=O)O)c1. The Hall–Kier alpha value is -20.1. The van der Waals surface area contributed by atoms with Crippen molar-refractivity contribution in [2.45, 2.75) is 0 Å². The maximum Gasteiger partial charge on any atom is 0.335 e. The van der Waals surface area contributed by atoms with Crippen LogP contribution in [0, 0.1) is 0 Å². The maximum absolute atomic E-state index is 12.0. The van der Waals surface area contributed by atoms with Gasteiger partial charge >= 0.3 is 89.7 Å². The fraction of sp³-hybridized carbons (Fsp3) is 0. The number of rotatable bonds is 36. The molecule has 13 aromatic rings. The number of hydrogen-bond acceptors (Lipinski definition) is 36. The van der Waals surface area contributed by atoms with Crippen molar-refractivity contribution in [2.75, 3.05) is 31.9 Å². The monoisotopic (exact) mass is 1750 g/mol. The van der Waals surface area contributed by atoms with Crippen molar-refractivity contribution in [3.05, 3.63) is 265 Å². The Balaban J connectivity index is 0.803. The molecule has 0 fully saturated rings. The number of nitrogens with one attached hydrogen (secondary N) is 6. The lowest BCUT2D eigenvalue weighted by molar-refractivity contribution is 0.0676. The number of aliphatic imine (C=N–C) groups is 3. The third-order valence-corrected chi connectivity index (χ3v) is 16.8.